The molecule has 0 spiro atoms. The number of aliphatic hydroxyl groups excluding tert-OH is 1. The monoisotopic (exact) mass is 423 g/mol. The minimum absolute atomic E-state index is 0. The molecule has 2 rings (SSSR count). The number of nitrogens with one attached hydrogen (secondary N) is 1. The quantitative estimate of drug-likeness (QED) is 0.313. The molecule has 1 heterocycles. The fraction of sp³-hybridized carbons (Fsp3) is 0.389. The number of quaternary nitrogens is 2. The van der Waals surface area contributed by atoms with Crippen LogP contribution in [0.1, 0.15) is 5.56 Å². The normalized spacial score (nSPS) is 10.7. The molecule has 26 heavy (non-hydrogen) atoms. The number of ether oxygens (including phenoxy) is 1. The molecular formula is C18H28Cl3N3O2. The van der Waals surface area contributed by atoms with E-state index >= 15 is 0 Å². The van der Waals surface area contributed by atoms with E-state index in [0.717, 1.165) is 31.8 Å². The molecular weight excluding hydrogens is 397 g/mol. The molecule has 0 aliphatic heterocycles. The van der Waals surface area contributed by atoms with E-state index in [-0.39, 0.29) is 37.2 Å². The number of para-hydroxylation sites is 1. The van der Waals surface area contributed by atoms with Gasteiger partial charge in [0.1, 0.15) is 38.1 Å². The van der Waals surface area contributed by atoms with Crippen molar-refractivity contribution in [3.63, 3.8) is 0 Å². The second kappa shape index (κ2) is 17.3. The van der Waals surface area contributed by atoms with Crippen molar-refractivity contribution in [2.24, 2.45) is 0 Å². The molecule has 148 valence electrons. The fourth-order valence-corrected chi connectivity index (χ4v) is 2.32. The van der Waals surface area contributed by atoms with Crippen molar-refractivity contribution in [2.75, 3.05) is 32.8 Å². The molecule has 0 amide bonds. The van der Waals surface area contributed by atoms with Crippen LogP contribution in [-0.4, -0.2) is 44.0 Å². The Balaban J connectivity index is 0. The maximum Gasteiger partial charge on any atom is 0.167 e. The highest BCUT2D eigenvalue weighted by Gasteiger charge is 2.07. The van der Waals surface area contributed by atoms with E-state index in [2.05, 4.69) is 27.8 Å². The molecule has 1 unspecified atom stereocenters. The third kappa shape index (κ3) is 12.3. The van der Waals surface area contributed by atoms with Crippen LogP contribution in [0.5, 0.6) is 5.75 Å². The molecule has 0 aliphatic rings. The number of rotatable bonds is 11. The zero-order valence-electron chi connectivity index (χ0n) is 14.7. The van der Waals surface area contributed by atoms with Crippen molar-refractivity contribution in [3.8, 4) is 5.75 Å². The Hall–Kier alpha value is -1.08. The molecule has 0 radical (unpaired) electrons. The zero-order chi connectivity index (χ0) is 16.2. The Bertz CT molecular complexity index is 536. The average molecular weight is 425 g/mol. The van der Waals surface area contributed by atoms with Crippen LogP contribution in [0.3, 0.4) is 0 Å². The number of H-pyrrole nitrogens is 1. The Morgan fingerprint density at radius 3 is 2.23 bits per heavy atom. The highest BCUT2D eigenvalue weighted by atomic mass is 35.5. The smallest absolute Gasteiger partial charge is 0.167 e. The SMILES string of the molecule is OC(C[NH2+]CC[NH2+]CCc1cc[nH+]cc1)COc1ccccc1.[Cl-].[Cl-].[Cl-]. The zero-order valence-corrected chi connectivity index (χ0v) is 16.9. The summed E-state index contributed by atoms with van der Waals surface area (Å²) in [6, 6.07) is 13.8. The van der Waals surface area contributed by atoms with Gasteiger partial charge in [0, 0.05) is 18.6 Å². The number of nitrogens with two attached hydrogens (primary N) is 2. The van der Waals surface area contributed by atoms with Crippen LogP contribution in [-0.2, 0) is 6.42 Å². The van der Waals surface area contributed by atoms with Crippen LogP contribution in [0.2, 0.25) is 0 Å². The molecule has 0 bridgehead atoms. The van der Waals surface area contributed by atoms with Gasteiger partial charge in [0.2, 0.25) is 0 Å². The summed E-state index contributed by atoms with van der Waals surface area (Å²) in [6.07, 6.45) is 4.57. The summed E-state index contributed by atoms with van der Waals surface area (Å²) in [6.45, 7) is 4.18. The van der Waals surface area contributed by atoms with Crippen LogP contribution in [0.15, 0.2) is 54.9 Å². The molecule has 0 saturated carbocycles. The van der Waals surface area contributed by atoms with Crippen molar-refractivity contribution in [3.05, 3.63) is 60.4 Å². The van der Waals surface area contributed by atoms with Crippen LogP contribution in [0.25, 0.3) is 0 Å². The number of aromatic nitrogens is 1. The molecule has 8 heteroatoms. The first-order valence-corrected chi connectivity index (χ1v) is 8.29. The van der Waals surface area contributed by atoms with Gasteiger partial charge in [-0.2, -0.15) is 0 Å². The maximum absolute atomic E-state index is 9.89. The van der Waals surface area contributed by atoms with E-state index in [1.54, 1.807) is 0 Å². The predicted octanol–water partition coefficient (Wildman–Crippen LogP) is -10.4. The third-order valence-corrected chi connectivity index (χ3v) is 3.62. The number of halogens is 3. The van der Waals surface area contributed by atoms with Crippen LogP contribution >= 0.6 is 0 Å². The number of pyridine rings is 1. The summed E-state index contributed by atoms with van der Waals surface area (Å²) in [4.78, 5) is 3.03. The van der Waals surface area contributed by atoms with Gasteiger partial charge >= 0.3 is 0 Å². The van der Waals surface area contributed by atoms with Gasteiger partial charge in [0.15, 0.2) is 12.4 Å². The average Bonchev–Trinajstić information content (AvgIpc) is 2.61. The first kappa shape index (κ1) is 27.1. The number of hydrogen-bond donors (Lipinski definition) is 3. The van der Waals surface area contributed by atoms with Crippen LogP contribution in [0.4, 0.5) is 0 Å². The Kier molecular flexibility index (Phi) is 18.1. The molecule has 2 aromatic rings. The van der Waals surface area contributed by atoms with Gasteiger partial charge in [-0.1, -0.05) is 18.2 Å². The summed E-state index contributed by atoms with van der Waals surface area (Å²) in [5, 5.41) is 14.4. The van der Waals surface area contributed by atoms with E-state index in [0.29, 0.717) is 13.2 Å². The lowest BCUT2D eigenvalue weighted by Crippen LogP contribution is -3.00. The molecule has 1 aromatic carbocycles. The topological polar surface area (TPSA) is 76.8 Å². The van der Waals surface area contributed by atoms with Gasteiger partial charge < -0.3 is 57.7 Å². The number of benzene rings is 1. The lowest BCUT2D eigenvalue weighted by Gasteiger charge is -2.11. The lowest BCUT2D eigenvalue weighted by atomic mass is 10.2. The highest BCUT2D eigenvalue weighted by molar-refractivity contribution is 5.20. The summed E-state index contributed by atoms with van der Waals surface area (Å²) < 4.78 is 5.53. The molecule has 0 aliphatic carbocycles. The summed E-state index contributed by atoms with van der Waals surface area (Å²) >= 11 is 0. The molecule has 1 aromatic heterocycles. The van der Waals surface area contributed by atoms with Crippen molar-refractivity contribution in [1.29, 1.82) is 0 Å². The maximum atomic E-state index is 9.89. The molecule has 6 N–H and O–H groups in total. The van der Waals surface area contributed by atoms with Crippen molar-refractivity contribution >= 4 is 0 Å². The highest BCUT2D eigenvalue weighted by Crippen LogP contribution is 2.07. The van der Waals surface area contributed by atoms with Gasteiger partial charge in [0.05, 0.1) is 6.54 Å². The number of aromatic amines is 1. The molecule has 1 atom stereocenters. The van der Waals surface area contributed by atoms with Crippen LogP contribution < -0.4 is 57.6 Å². The molecule has 0 saturated heterocycles. The minimum Gasteiger partial charge on any atom is -1.00 e. The van der Waals surface area contributed by atoms with Gasteiger partial charge in [-0.3, -0.25) is 0 Å². The van der Waals surface area contributed by atoms with Gasteiger partial charge in [-0.15, -0.1) is 0 Å². The van der Waals surface area contributed by atoms with Crippen molar-refractivity contribution in [2.45, 2.75) is 12.5 Å². The number of hydrogen-bond acceptors (Lipinski definition) is 2. The Labute approximate surface area is 174 Å². The first-order chi connectivity index (χ1) is 11.3. The van der Waals surface area contributed by atoms with E-state index in [1.165, 1.54) is 5.56 Å². The Morgan fingerprint density at radius 2 is 1.54 bits per heavy atom. The Morgan fingerprint density at radius 1 is 0.885 bits per heavy atom. The largest absolute Gasteiger partial charge is 1.00 e. The fourth-order valence-electron chi connectivity index (χ4n) is 2.32. The van der Waals surface area contributed by atoms with Crippen molar-refractivity contribution in [1.82, 2.24) is 0 Å². The van der Waals surface area contributed by atoms with E-state index in [1.807, 2.05) is 42.7 Å². The van der Waals surface area contributed by atoms with Gasteiger partial charge in [-0.05, 0) is 17.7 Å². The van der Waals surface area contributed by atoms with Crippen LogP contribution in [0, 0.1) is 0 Å². The molecule has 5 nitrogen and oxygen atoms in total. The first-order valence-electron chi connectivity index (χ1n) is 8.29. The summed E-state index contributed by atoms with van der Waals surface area (Å²) in [5.74, 6) is 0.804. The number of aliphatic hydroxyl groups is 1. The van der Waals surface area contributed by atoms with Gasteiger partial charge in [0.25, 0.3) is 0 Å². The predicted molar refractivity (Wildman–Crippen MR) is 88.0 cm³/mol. The molecule has 0 fully saturated rings. The summed E-state index contributed by atoms with van der Waals surface area (Å²) in [5.41, 5.74) is 1.36. The lowest BCUT2D eigenvalue weighted by molar-refractivity contribution is -0.725. The van der Waals surface area contributed by atoms with Crippen molar-refractivity contribution < 1.29 is 62.7 Å². The van der Waals surface area contributed by atoms with E-state index < -0.39 is 6.10 Å². The van der Waals surface area contributed by atoms with E-state index in [4.69, 9.17) is 4.74 Å². The minimum atomic E-state index is -0.434. The van der Waals surface area contributed by atoms with Gasteiger partial charge in [-0.25, -0.2) is 4.98 Å². The van der Waals surface area contributed by atoms with E-state index in [9.17, 15) is 5.11 Å². The third-order valence-electron chi connectivity index (χ3n) is 3.62. The second-order valence-electron chi connectivity index (χ2n) is 5.62. The standard InChI is InChI=1S/C18H25N3O2.3ClH/c22-17(15-23-18-4-2-1-3-5-18)14-21-13-12-20-11-8-16-6-9-19-10-7-16;;;/h1-7,9-10,17,20-22H,8,11-15H2;3*1H. The second-order valence-corrected chi connectivity index (χ2v) is 5.62. The summed E-state index contributed by atoms with van der Waals surface area (Å²) in [7, 11) is 0.